The Balaban J connectivity index is 2.55. The minimum Gasteiger partial charge on any atom is -0.465 e. The summed E-state index contributed by atoms with van der Waals surface area (Å²) in [6, 6.07) is 0.0949. The van der Waals surface area contributed by atoms with Gasteiger partial charge in [0.05, 0.1) is 0 Å². The Morgan fingerprint density at radius 1 is 1.82 bits per heavy atom. The van der Waals surface area contributed by atoms with Gasteiger partial charge in [-0.1, -0.05) is 0 Å². The third-order valence-electron chi connectivity index (χ3n) is 2.46. The lowest BCUT2D eigenvalue weighted by atomic mass is 10.0. The molecule has 2 atom stereocenters. The van der Waals surface area contributed by atoms with Crippen molar-refractivity contribution >= 4 is 6.09 Å². The van der Waals surface area contributed by atoms with Gasteiger partial charge in [-0.25, -0.2) is 4.79 Å². The number of rotatable bonds is 1. The predicted molar refractivity (Wildman–Crippen MR) is 41.4 cm³/mol. The van der Waals surface area contributed by atoms with Gasteiger partial charge in [0.25, 0.3) is 0 Å². The van der Waals surface area contributed by atoms with Crippen LogP contribution in [0.5, 0.6) is 0 Å². The Hall–Kier alpha value is -0.770. The second kappa shape index (κ2) is 3.09. The second-order valence-corrected chi connectivity index (χ2v) is 3.00. The molecule has 0 aromatic carbocycles. The predicted octanol–water partition coefficient (Wildman–Crippen LogP) is 0.334. The summed E-state index contributed by atoms with van der Waals surface area (Å²) in [6.07, 6.45) is 0.0812. The standard InChI is InChI=1S/C7H14N2O2/c1-5-6(4-8)2-3-9(5)7(10)11/h5-6H,2-4,8H2,1H3,(H,10,11)/t5-,6+/m1/s1. The summed E-state index contributed by atoms with van der Waals surface area (Å²) in [5.74, 6) is 0.353. The maximum absolute atomic E-state index is 10.6. The average Bonchev–Trinajstić information content (AvgIpc) is 2.30. The van der Waals surface area contributed by atoms with E-state index < -0.39 is 6.09 Å². The minimum atomic E-state index is -0.826. The molecule has 0 radical (unpaired) electrons. The van der Waals surface area contributed by atoms with Crippen LogP contribution in [0, 0.1) is 5.92 Å². The molecule has 11 heavy (non-hydrogen) atoms. The number of amides is 1. The molecule has 1 aliphatic heterocycles. The van der Waals surface area contributed by atoms with Crippen LogP contribution in [0.2, 0.25) is 0 Å². The van der Waals surface area contributed by atoms with Crippen LogP contribution in [0.4, 0.5) is 4.79 Å². The van der Waals surface area contributed by atoms with Crippen molar-refractivity contribution in [1.82, 2.24) is 4.90 Å². The van der Waals surface area contributed by atoms with Crippen molar-refractivity contribution in [3.05, 3.63) is 0 Å². The number of nitrogens with two attached hydrogens (primary N) is 1. The van der Waals surface area contributed by atoms with Gasteiger partial charge in [-0.15, -0.1) is 0 Å². The van der Waals surface area contributed by atoms with Crippen LogP contribution in [0.15, 0.2) is 0 Å². The molecule has 1 amide bonds. The maximum Gasteiger partial charge on any atom is 0.407 e. The van der Waals surface area contributed by atoms with Crippen LogP contribution >= 0.6 is 0 Å². The zero-order valence-electron chi connectivity index (χ0n) is 6.66. The Bertz CT molecular complexity index is 161. The molecule has 64 valence electrons. The SMILES string of the molecule is C[C@@H]1[C@H](CN)CCN1C(=O)O. The summed E-state index contributed by atoms with van der Waals surface area (Å²) in [7, 11) is 0. The van der Waals surface area contributed by atoms with Gasteiger partial charge in [0.1, 0.15) is 0 Å². The fraction of sp³-hybridized carbons (Fsp3) is 0.857. The van der Waals surface area contributed by atoms with Crippen LogP contribution in [0.3, 0.4) is 0 Å². The summed E-state index contributed by atoms with van der Waals surface area (Å²) >= 11 is 0. The van der Waals surface area contributed by atoms with E-state index in [2.05, 4.69) is 0 Å². The molecule has 1 heterocycles. The molecular weight excluding hydrogens is 144 g/mol. The molecule has 0 aromatic heterocycles. The highest BCUT2D eigenvalue weighted by atomic mass is 16.4. The Morgan fingerprint density at radius 2 is 2.45 bits per heavy atom. The van der Waals surface area contributed by atoms with Gasteiger partial charge in [0.15, 0.2) is 0 Å². The van der Waals surface area contributed by atoms with Crippen LogP contribution in [0.25, 0.3) is 0 Å². The van der Waals surface area contributed by atoms with Crippen LogP contribution in [-0.4, -0.2) is 35.2 Å². The largest absolute Gasteiger partial charge is 0.465 e. The van der Waals surface area contributed by atoms with Crippen molar-refractivity contribution in [2.75, 3.05) is 13.1 Å². The van der Waals surface area contributed by atoms with Gasteiger partial charge in [-0.3, -0.25) is 0 Å². The molecule has 0 aromatic rings. The average molecular weight is 158 g/mol. The number of hydrogen-bond acceptors (Lipinski definition) is 2. The van der Waals surface area contributed by atoms with Crippen molar-refractivity contribution in [3.63, 3.8) is 0 Å². The van der Waals surface area contributed by atoms with Crippen LogP contribution in [-0.2, 0) is 0 Å². The van der Waals surface area contributed by atoms with Gasteiger partial charge >= 0.3 is 6.09 Å². The first-order chi connectivity index (χ1) is 5.16. The van der Waals surface area contributed by atoms with E-state index in [4.69, 9.17) is 10.8 Å². The number of nitrogens with zero attached hydrogens (tertiary/aromatic N) is 1. The molecule has 0 unspecified atom stereocenters. The van der Waals surface area contributed by atoms with E-state index in [-0.39, 0.29) is 6.04 Å². The van der Waals surface area contributed by atoms with Gasteiger partial charge in [-0.05, 0) is 25.8 Å². The second-order valence-electron chi connectivity index (χ2n) is 3.00. The summed E-state index contributed by atoms with van der Waals surface area (Å²) in [4.78, 5) is 12.0. The van der Waals surface area contributed by atoms with Crippen molar-refractivity contribution in [2.45, 2.75) is 19.4 Å². The van der Waals surface area contributed by atoms with Crippen molar-refractivity contribution < 1.29 is 9.90 Å². The van der Waals surface area contributed by atoms with Crippen molar-refractivity contribution in [1.29, 1.82) is 0 Å². The minimum absolute atomic E-state index is 0.0949. The first-order valence-electron chi connectivity index (χ1n) is 3.86. The Labute approximate surface area is 66.0 Å². The normalized spacial score (nSPS) is 30.9. The lowest BCUT2D eigenvalue weighted by molar-refractivity contribution is 0.139. The molecule has 0 spiro atoms. The molecule has 1 rings (SSSR count). The zero-order chi connectivity index (χ0) is 8.43. The third-order valence-corrected chi connectivity index (χ3v) is 2.46. The van der Waals surface area contributed by atoms with Crippen LogP contribution in [0.1, 0.15) is 13.3 Å². The monoisotopic (exact) mass is 158 g/mol. The molecule has 1 fully saturated rings. The fourth-order valence-corrected chi connectivity index (χ4v) is 1.59. The number of likely N-dealkylation sites (tertiary alicyclic amines) is 1. The fourth-order valence-electron chi connectivity index (χ4n) is 1.59. The highest BCUT2D eigenvalue weighted by Crippen LogP contribution is 2.22. The first kappa shape index (κ1) is 8.33. The quantitative estimate of drug-likeness (QED) is 0.578. The third kappa shape index (κ3) is 1.45. The van der Waals surface area contributed by atoms with Gasteiger partial charge in [0.2, 0.25) is 0 Å². The molecule has 4 nitrogen and oxygen atoms in total. The molecule has 0 aliphatic carbocycles. The number of carbonyl (C=O) groups is 1. The topological polar surface area (TPSA) is 66.6 Å². The van der Waals surface area contributed by atoms with Gasteiger partial charge in [0, 0.05) is 12.6 Å². The molecule has 0 saturated carbocycles. The summed E-state index contributed by atoms with van der Waals surface area (Å²) in [5, 5.41) is 8.68. The van der Waals surface area contributed by atoms with E-state index in [1.165, 1.54) is 4.90 Å². The maximum atomic E-state index is 10.6. The molecule has 4 heteroatoms. The molecule has 1 aliphatic rings. The Kier molecular flexibility index (Phi) is 2.34. The van der Waals surface area contributed by atoms with Crippen LogP contribution < -0.4 is 5.73 Å². The first-order valence-corrected chi connectivity index (χ1v) is 3.86. The number of carboxylic acid groups (broad SMARTS) is 1. The molecule has 3 N–H and O–H groups in total. The smallest absolute Gasteiger partial charge is 0.407 e. The summed E-state index contributed by atoms with van der Waals surface area (Å²) in [5.41, 5.74) is 5.47. The lowest BCUT2D eigenvalue weighted by Gasteiger charge is -2.20. The van der Waals surface area contributed by atoms with E-state index in [0.29, 0.717) is 19.0 Å². The van der Waals surface area contributed by atoms with E-state index >= 15 is 0 Å². The van der Waals surface area contributed by atoms with E-state index in [9.17, 15) is 4.79 Å². The van der Waals surface area contributed by atoms with E-state index in [1.54, 1.807) is 0 Å². The van der Waals surface area contributed by atoms with Gasteiger partial charge < -0.3 is 15.7 Å². The summed E-state index contributed by atoms with van der Waals surface area (Å²) in [6.45, 7) is 3.14. The lowest BCUT2D eigenvalue weighted by Crippen LogP contribution is -2.36. The number of hydrogen-bond donors (Lipinski definition) is 2. The Morgan fingerprint density at radius 3 is 2.73 bits per heavy atom. The molecular formula is C7H14N2O2. The van der Waals surface area contributed by atoms with E-state index in [0.717, 1.165) is 6.42 Å². The zero-order valence-corrected chi connectivity index (χ0v) is 6.66. The van der Waals surface area contributed by atoms with Crippen molar-refractivity contribution in [2.24, 2.45) is 11.7 Å². The summed E-state index contributed by atoms with van der Waals surface area (Å²) < 4.78 is 0. The highest BCUT2D eigenvalue weighted by molar-refractivity contribution is 5.65. The highest BCUT2D eigenvalue weighted by Gasteiger charge is 2.32. The van der Waals surface area contributed by atoms with E-state index in [1.807, 2.05) is 6.92 Å². The molecule has 0 bridgehead atoms. The van der Waals surface area contributed by atoms with Gasteiger partial charge in [-0.2, -0.15) is 0 Å². The van der Waals surface area contributed by atoms with Crippen molar-refractivity contribution in [3.8, 4) is 0 Å². The molecule has 1 saturated heterocycles.